The minimum atomic E-state index is -0.378. The van der Waals surface area contributed by atoms with Crippen LogP contribution in [0.5, 0.6) is 0 Å². The molecule has 0 atom stereocenters. The number of aryl methyl sites for hydroxylation is 1. The van der Waals surface area contributed by atoms with E-state index in [1.54, 1.807) is 12.1 Å². The molecule has 2 heterocycles. The second-order valence-corrected chi connectivity index (χ2v) is 5.87. The summed E-state index contributed by atoms with van der Waals surface area (Å²) in [6.07, 6.45) is 4.46. The van der Waals surface area contributed by atoms with Crippen molar-refractivity contribution in [2.24, 2.45) is 7.05 Å². The Morgan fingerprint density at radius 3 is 2.54 bits per heavy atom. The standard InChI is InChI=1S/C19H15N3O2/c1-21-17-5-3-2-4-16(17)19-14(11-20-12-18(19)21)10-13-6-8-15(9-7-13)22(23)24/h2-9,11-12H,10H2,1H3. The predicted octanol–water partition coefficient (Wildman–Crippen LogP) is 4.23. The average molecular weight is 317 g/mol. The zero-order valence-electron chi connectivity index (χ0n) is 13.1. The molecule has 2 aromatic heterocycles. The van der Waals surface area contributed by atoms with Gasteiger partial charge in [0.1, 0.15) is 0 Å². The smallest absolute Gasteiger partial charge is 0.269 e. The zero-order valence-corrected chi connectivity index (χ0v) is 13.1. The molecule has 0 aliphatic carbocycles. The van der Waals surface area contributed by atoms with Crippen molar-refractivity contribution in [2.75, 3.05) is 0 Å². The van der Waals surface area contributed by atoms with E-state index >= 15 is 0 Å². The van der Waals surface area contributed by atoms with Crippen LogP contribution in [-0.2, 0) is 13.5 Å². The second-order valence-electron chi connectivity index (χ2n) is 5.87. The number of benzene rings is 2. The highest BCUT2D eigenvalue weighted by molar-refractivity contribution is 6.09. The third kappa shape index (κ3) is 2.22. The SMILES string of the molecule is Cn1c2ccccc2c2c(Cc3ccc([N+](=O)[O-])cc3)cncc21. The molecule has 5 heteroatoms. The van der Waals surface area contributed by atoms with Crippen molar-refractivity contribution in [2.45, 2.75) is 6.42 Å². The van der Waals surface area contributed by atoms with Crippen molar-refractivity contribution >= 4 is 27.5 Å². The Bertz CT molecular complexity index is 1070. The summed E-state index contributed by atoms with van der Waals surface area (Å²) in [5, 5.41) is 13.2. The number of nitrogens with zero attached hydrogens (tertiary/aromatic N) is 3. The summed E-state index contributed by atoms with van der Waals surface area (Å²) < 4.78 is 2.15. The van der Waals surface area contributed by atoms with Gasteiger partial charge in [0.15, 0.2) is 0 Å². The molecule has 0 unspecified atom stereocenters. The molecular formula is C19H15N3O2. The molecule has 0 N–H and O–H groups in total. The van der Waals surface area contributed by atoms with Crippen LogP contribution in [0.3, 0.4) is 0 Å². The van der Waals surface area contributed by atoms with Gasteiger partial charge in [-0.2, -0.15) is 0 Å². The molecule has 4 rings (SSSR count). The van der Waals surface area contributed by atoms with Crippen molar-refractivity contribution in [1.82, 2.24) is 9.55 Å². The van der Waals surface area contributed by atoms with Crippen LogP contribution in [0.1, 0.15) is 11.1 Å². The number of pyridine rings is 1. The van der Waals surface area contributed by atoms with Gasteiger partial charge in [-0.25, -0.2) is 0 Å². The number of rotatable bonds is 3. The normalized spacial score (nSPS) is 11.2. The molecule has 24 heavy (non-hydrogen) atoms. The van der Waals surface area contributed by atoms with Crippen molar-refractivity contribution in [3.63, 3.8) is 0 Å². The van der Waals surface area contributed by atoms with Crippen LogP contribution in [0.25, 0.3) is 21.8 Å². The minimum Gasteiger partial charge on any atom is -0.342 e. The molecular weight excluding hydrogens is 302 g/mol. The fourth-order valence-electron chi connectivity index (χ4n) is 3.25. The summed E-state index contributed by atoms with van der Waals surface area (Å²) in [5.41, 5.74) is 4.53. The van der Waals surface area contributed by atoms with Crippen molar-refractivity contribution in [1.29, 1.82) is 0 Å². The Balaban J connectivity index is 1.85. The molecule has 118 valence electrons. The molecule has 2 aromatic carbocycles. The Kier molecular flexibility index (Phi) is 3.27. The van der Waals surface area contributed by atoms with E-state index in [0.29, 0.717) is 6.42 Å². The van der Waals surface area contributed by atoms with E-state index in [0.717, 1.165) is 16.6 Å². The fourth-order valence-corrected chi connectivity index (χ4v) is 3.25. The predicted molar refractivity (Wildman–Crippen MR) is 94.1 cm³/mol. The lowest BCUT2D eigenvalue weighted by atomic mass is 10.0. The Morgan fingerprint density at radius 2 is 1.79 bits per heavy atom. The van der Waals surface area contributed by atoms with Crippen LogP contribution in [0.15, 0.2) is 60.9 Å². The summed E-state index contributed by atoms with van der Waals surface area (Å²) in [7, 11) is 2.04. The van der Waals surface area contributed by atoms with Crippen LogP contribution in [0.2, 0.25) is 0 Å². The summed E-state index contributed by atoms with van der Waals surface area (Å²) in [4.78, 5) is 14.8. The van der Waals surface area contributed by atoms with Crippen LogP contribution in [0, 0.1) is 10.1 Å². The van der Waals surface area contributed by atoms with Crippen LogP contribution in [0.4, 0.5) is 5.69 Å². The monoisotopic (exact) mass is 317 g/mol. The van der Waals surface area contributed by atoms with Gasteiger partial charge in [0.2, 0.25) is 0 Å². The number of aromatic nitrogens is 2. The van der Waals surface area contributed by atoms with Crippen molar-refractivity contribution in [3.8, 4) is 0 Å². The summed E-state index contributed by atoms with van der Waals surface area (Å²) in [6, 6.07) is 15.0. The summed E-state index contributed by atoms with van der Waals surface area (Å²) in [5.74, 6) is 0. The number of nitro groups is 1. The zero-order chi connectivity index (χ0) is 16.7. The summed E-state index contributed by atoms with van der Waals surface area (Å²) in [6.45, 7) is 0. The second kappa shape index (κ2) is 5.45. The quantitative estimate of drug-likeness (QED) is 0.420. The van der Waals surface area contributed by atoms with E-state index in [4.69, 9.17) is 0 Å². The highest BCUT2D eigenvalue weighted by Gasteiger charge is 2.13. The minimum absolute atomic E-state index is 0.111. The van der Waals surface area contributed by atoms with E-state index in [9.17, 15) is 10.1 Å². The first-order valence-electron chi connectivity index (χ1n) is 7.68. The van der Waals surface area contributed by atoms with Gasteiger partial charge in [-0.05, 0) is 23.6 Å². The van der Waals surface area contributed by atoms with E-state index in [1.165, 1.54) is 16.3 Å². The largest absolute Gasteiger partial charge is 0.342 e. The van der Waals surface area contributed by atoms with Gasteiger partial charge in [0, 0.05) is 41.7 Å². The van der Waals surface area contributed by atoms with Gasteiger partial charge in [-0.1, -0.05) is 30.3 Å². The number of non-ortho nitro benzene ring substituents is 1. The van der Waals surface area contributed by atoms with Gasteiger partial charge < -0.3 is 4.57 Å². The molecule has 5 nitrogen and oxygen atoms in total. The maximum atomic E-state index is 10.8. The maximum absolute atomic E-state index is 10.8. The molecule has 0 amide bonds. The molecule has 0 bridgehead atoms. The molecule has 0 aliphatic heterocycles. The van der Waals surface area contributed by atoms with Crippen LogP contribution >= 0.6 is 0 Å². The molecule has 0 aliphatic rings. The Morgan fingerprint density at radius 1 is 1.04 bits per heavy atom. The van der Waals surface area contributed by atoms with E-state index in [1.807, 2.05) is 43.7 Å². The van der Waals surface area contributed by atoms with Crippen molar-refractivity contribution < 1.29 is 4.92 Å². The molecule has 0 saturated carbocycles. The molecule has 4 aromatic rings. The lowest BCUT2D eigenvalue weighted by Crippen LogP contribution is -1.93. The van der Waals surface area contributed by atoms with E-state index < -0.39 is 0 Å². The lowest BCUT2D eigenvalue weighted by molar-refractivity contribution is -0.384. The first-order valence-corrected chi connectivity index (χ1v) is 7.68. The first kappa shape index (κ1) is 14.4. The molecule has 0 radical (unpaired) electrons. The molecule has 0 saturated heterocycles. The van der Waals surface area contributed by atoms with Gasteiger partial charge in [-0.15, -0.1) is 0 Å². The highest BCUT2D eigenvalue weighted by Crippen LogP contribution is 2.31. The van der Waals surface area contributed by atoms with Crippen LogP contribution < -0.4 is 0 Å². The summed E-state index contributed by atoms with van der Waals surface area (Å²) >= 11 is 0. The molecule has 0 fully saturated rings. The van der Waals surface area contributed by atoms with E-state index in [-0.39, 0.29) is 10.6 Å². The van der Waals surface area contributed by atoms with Gasteiger partial charge >= 0.3 is 0 Å². The van der Waals surface area contributed by atoms with Crippen LogP contribution in [-0.4, -0.2) is 14.5 Å². The number of para-hydroxylation sites is 1. The van der Waals surface area contributed by atoms with Gasteiger partial charge in [-0.3, -0.25) is 15.1 Å². The number of hydrogen-bond donors (Lipinski definition) is 0. The highest BCUT2D eigenvalue weighted by atomic mass is 16.6. The Hall–Kier alpha value is -3.21. The number of fused-ring (bicyclic) bond motifs is 3. The van der Waals surface area contributed by atoms with Gasteiger partial charge in [0.25, 0.3) is 5.69 Å². The fraction of sp³-hybridized carbons (Fsp3) is 0.105. The van der Waals surface area contributed by atoms with Crippen molar-refractivity contribution in [3.05, 3.63) is 82.2 Å². The number of nitro benzene ring substituents is 1. The Labute approximate surface area is 138 Å². The topological polar surface area (TPSA) is 61.0 Å². The average Bonchev–Trinajstić information content (AvgIpc) is 2.90. The maximum Gasteiger partial charge on any atom is 0.269 e. The third-order valence-corrected chi connectivity index (χ3v) is 4.44. The number of hydrogen-bond acceptors (Lipinski definition) is 3. The molecule has 0 spiro atoms. The lowest BCUT2D eigenvalue weighted by Gasteiger charge is -2.05. The van der Waals surface area contributed by atoms with Gasteiger partial charge in [0.05, 0.1) is 16.6 Å². The third-order valence-electron chi connectivity index (χ3n) is 4.44. The first-order chi connectivity index (χ1) is 11.6. The van der Waals surface area contributed by atoms with E-state index in [2.05, 4.69) is 21.7 Å².